The maximum atomic E-state index is 13.3. The molecule has 0 bridgehead atoms. The van der Waals surface area contributed by atoms with Crippen LogP contribution in [-0.2, 0) is 11.3 Å². The lowest BCUT2D eigenvalue weighted by Crippen LogP contribution is -2.55. The number of imide groups is 1. The number of fused-ring (bicyclic) bond motifs is 3. The van der Waals surface area contributed by atoms with Crippen molar-refractivity contribution in [3.05, 3.63) is 59.9 Å². The Hall–Kier alpha value is -3.35. The zero-order valence-electron chi connectivity index (χ0n) is 16.1. The van der Waals surface area contributed by atoms with Crippen molar-refractivity contribution in [2.24, 2.45) is 5.92 Å². The normalized spacial score (nSPS) is 13.9. The number of anilines is 1. The molecule has 0 saturated heterocycles. The van der Waals surface area contributed by atoms with Gasteiger partial charge >= 0.3 is 12.1 Å². The maximum Gasteiger partial charge on any atom is 0.437 e. The highest BCUT2D eigenvalue weighted by molar-refractivity contribution is 6.00. The molecular weight excluding hydrogens is 356 g/mol. The van der Waals surface area contributed by atoms with Gasteiger partial charge in [0.2, 0.25) is 0 Å². The minimum atomic E-state index is -0.692. The molecule has 1 aliphatic rings. The molecular formula is C21H22N4O3. The average Bonchev–Trinajstić information content (AvgIpc) is 3.05. The summed E-state index contributed by atoms with van der Waals surface area (Å²) in [5.74, 6) is 0.751. The molecule has 2 amide bonds. The lowest BCUT2D eigenvalue weighted by atomic mass is 10.2. The number of ether oxygens (including phenoxy) is 1. The standard InChI is InChI=1S/C21H22N4O3/c1-14(2)13-28-21(27)25-20(26)24-18-7-5-4-6-17(18)22-19(24)12-23(25)16-10-8-15(3)9-11-16/h4-11,14H,12-13H2,1-3H3. The fraction of sp³-hybridized carbons (Fsp3) is 0.286. The second-order valence-electron chi connectivity index (χ2n) is 7.31. The number of hydrogen-bond donors (Lipinski definition) is 0. The van der Waals surface area contributed by atoms with Gasteiger partial charge in [0.1, 0.15) is 5.82 Å². The van der Waals surface area contributed by atoms with Gasteiger partial charge in [-0.2, -0.15) is 0 Å². The van der Waals surface area contributed by atoms with Crippen molar-refractivity contribution in [1.29, 1.82) is 0 Å². The first-order valence-electron chi connectivity index (χ1n) is 9.27. The lowest BCUT2D eigenvalue weighted by molar-refractivity contribution is 0.0931. The summed E-state index contributed by atoms with van der Waals surface area (Å²) in [4.78, 5) is 30.8. The van der Waals surface area contributed by atoms with Gasteiger partial charge in [-0.1, -0.05) is 43.7 Å². The van der Waals surface area contributed by atoms with Gasteiger partial charge in [0, 0.05) is 0 Å². The van der Waals surface area contributed by atoms with Crippen LogP contribution in [0.4, 0.5) is 15.3 Å². The van der Waals surface area contributed by atoms with Crippen LogP contribution in [0.15, 0.2) is 48.5 Å². The van der Waals surface area contributed by atoms with Gasteiger partial charge in [-0.25, -0.2) is 19.1 Å². The van der Waals surface area contributed by atoms with Crippen LogP contribution in [0.25, 0.3) is 11.0 Å². The maximum absolute atomic E-state index is 13.3. The largest absolute Gasteiger partial charge is 0.448 e. The molecule has 0 atom stereocenters. The molecule has 7 heteroatoms. The van der Waals surface area contributed by atoms with E-state index >= 15 is 0 Å². The molecule has 4 rings (SSSR count). The van der Waals surface area contributed by atoms with Crippen molar-refractivity contribution in [2.45, 2.75) is 27.3 Å². The Morgan fingerprint density at radius 3 is 2.57 bits per heavy atom. The highest BCUT2D eigenvalue weighted by Gasteiger charge is 2.38. The monoisotopic (exact) mass is 378 g/mol. The number of para-hydroxylation sites is 2. The lowest BCUT2D eigenvalue weighted by Gasteiger charge is -2.37. The Labute approximate surface area is 163 Å². The Balaban J connectivity index is 1.80. The minimum Gasteiger partial charge on any atom is -0.448 e. The van der Waals surface area contributed by atoms with Crippen molar-refractivity contribution in [3.63, 3.8) is 0 Å². The summed E-state index contributed by atoms with van der Waals surface area (Å²) in [6.45, 7) is 6.40. The Kier molecular flexibility index (Phi) is 4.50. The van der Waals surface area contributed by atoms with E-state index < -0.39 is 12.1 Å². The molecule has 1 aromatic heterocycles. The predicted octanol–water partition coefficient (Wildman–Crippen LogP) is 4.34. The number of imidazole rings is 1. The zero-order valence-corrected chi connectivity index (χ0v) is 16.1. The average molecular weight is 378 g/mol. The molecule has 0 spiro atoms. The fourth-order valence-electron chi connectivity index (χ4n) is 3.20. The highest BCUT2D eigenvalue weighted by atomic mass is 16.6. The van der Waals surface area contributed by atoms with Gasteiger partial charge in [-0.05, 0) is 37.1 Å². The number of carbonyl (C=O) groups excluding carboxylic acids is 2. The molecule has 0 fully saturated rings. The number of aryl methyl sites for hydroxylation is 1. The number of hydrogen-bond acceptors (Lipinski definition) is 5. The molecule has 0 saturated carbocycles. The molecule has 28 heavy (non-hydrogen) atoms. The number of amides is 2. The van der Waals surface area contributed by atoms with Crippen LogP contribution in [0.1, 0.15) is 25.2 Å². The third kappa shape index (κ3) is 3.09. The van der Waals surface area contributed by atoms with E-state index in [1.807, 2.05) is 69.3 Å². The number of nitrogens with zero attached hydrogens (tertiary/aromatic N) is 4. The van der Waals surface area contributed by atoms with Crippen molar-refractivity contribution in [2.75, 3.05) is 11.6 Å². The minimum absolute atomic E-state index is 0.168. The first-order chi connectivity index (χ1) is 13.5. The van der Waals surface area contributed by atoms with E-state index in [-0.39, 0.29) is 19.1 Å². The smallest absolute Gasteiger partial charge is 0.437 e. The van der Waals surface area contributed by atoms with Crippen LogP contribution in [0.2, 0.25) is 0 Å². The van der Waals surface area contributed by atoms with E-state index in [1.165, 1.54) is 4.57 Å². The van der Waals surface area contributed by atoms with Gasteiger partial charge < -0.3 is 4.74 Å². The SMILES string of the molecule is Cc1ccc(N2Cc3nc4ccccc4n3C(=O)N2C(=O)OCC(C)C)cc1. The van der Waals surface area contributed by atoms with E-state index in [1.54, 1.807) is 5.01 Å². The third-order valence-corrected chi connectivity index (χ3v) is 4.58. The summed E-state index contributed by atoms with van der Waals surface area (Å²) in [5, 5.41) is 2.68. The van der Waals surface area contributed by atoms with Crippen LogP contribution in [0, 0.1) is 12.8 Å². The number of hydrazine groups is 1. The van der Waals surface area contributed by atoms with Gasteiger partial charge in [-0.15, -0.1) is 5.01 Å². The summed E-state index contributed by atoms with van der Waals surface area (Å²) >= 11 is 0. The molecule has 0 unspecified atom stereocenters. The molecule has 3 aromatic rings. The van der Waals surface area contributed by atoms with E-state index in [0.717, 1.165) is 16.3 Å². The predicted molar refractivity (Wildman–Crippen MR) is 106 cm³/mol. The number of aromatic nitrogens is 2. The second-order valence-corrected chi connectivity index (χ2v) is 7.31. The van der Waals surface area contributed by atoms with E-state index in [4.69, 9.17) is 4.74 Å². The summed E-state index contributed by atoms with van der Waals surface area (Å²) in [7, 11) is 0. The Bertz CT molecular complexity index is 1040. The molecule has 144 valence electrons. The van der Waals surface area contributed by atoms with Gasteiger partial charge in [0.15, 0.2) is 0 Å². The van der Waals surface area contributed by atoms with Crippen molar-refractivity contribution >= 4 is 28.8 Å². The topological polar surface area (TPSA) is 67.7 Å². The van der Waals surface area contributed by atoms with Crippen LogP contribution in [-0.4, -0.2) is 33.3 Å². The van der Waals surface area contributed by atoms with Crippen LogP contribution in [0.5, 0.6) is 0 Å². The third-order valence-electron chi connectivity index (χ3n) is 4.58. The first kappa shape index (κ1) is 18.0. The summed E-state index contributed by atoms with van der Waals surface area (Å²) in [5.41, 5.74) is 3.20. The first-order valence-corrected chi connectivity index (χ1v) is 9.27. The molecule has 0 N–H and O–H groups in total. The van der Waals surface area contributed by atoms with Crippen molar-refractivity contribution in [1.82, 2.24) is 14.6 Å². The summed E-state index contributed by atoms with van der Waals surface area (Å²) in [6, 6.07) is 14.5. The molecule has 2 heterocycles. The van der Waals surface area contributed by atoms with Crippen molar-refractivity contribution < 1.29 is 14.3 Å². The molecule has 1 aliphatic heterocycles. The highest BCUT2D eigenvalue weighted by Crippen LogP contribution is 2.28. The zero-order chi connectivity index (χ0) is 19.8. The quantitative estimate of drug-likeness (QED) is 0.678. The Morgan fingerprint density at radius 2 is 1.86 bits per heavy atom. The summed E-state index contributed by atoms with van der Waals surface area (Å²) in [6.07, 6.45) is -0.692. The molecule has 0 aliphatic carbocycles. The molecule has 7 nitrogen and oxygen atoms in total. The number of rotatable bonds is 3. The van der Waals surface area contributed by atoms with Crippen LogP contribution < -0.4 is 5.01 Å². The van der Waals surface area contributed by atoms with Crippen LogP contribution >= 0.6 is 0 Å². The van der Waals surface area contributed by atoms with Crippen molar-refractivity contribution in [3.8, 4) is 0 Å². The van der Waals surface area contributed by atoms with E-state index in [2.05, 4.69) is 4.98 Å². The number of benzene rings is 2. The van der Waals surface area contributed by atoms with Crippen LogP contribution in [0.3, 0.4) is 0 Å². The van der Waals surface area contributed by atoms with E-state index in [9.17, 15) is 9.59 Å². The fourth-order valence-corrected chi connectivity index (χ4v) is 3.20. The molecule has 0 radical (unpaired) electrons. The molecule has 2 aromatic carbocycles. The van der Waals surface area contributed by atoms with E-state index in [0.29, 0.717) is 16.9 Å². The number of carbonyl (C=O) groups is 2. The van der Waals surface area contributed by atoms with Gasteiger partial charge in [0.05, 0.1) is 29.9 Å². The second kappa shape index (κ2) is 6.99. The summed E-state index contributed by atoms with van der Waals surface area (Å²) < 4.78 is 6.87. The van der Waals surface area contributed by atoms with Gasteiger partial charge in [-0.3, -0.25) is 5.01 Å². The van der Waals surface area contributed by atoms with Gasteiger partial charge in [0.25, 0.3) is 0 Å². The Morgan fingerprint density at radius 1 is 1.14 bits per heavy atom.